The maximum atomic E-state index is 10.2. The van der Waals surface area contributed by atoms with Crippen LogP contribution in [0.15, 0.2) is 60.7 Å². The van der Waals surface area contributed by atoms with E-state index < -0.39 is 0 Å². The number of hydrogen-bond acceptors (Lipinski definition) is 5. The van der Waals surface area contributed by atoms with Crippen LogP contribution in [0.3, 0.4) is 0 Å². The summed E-state index contributed by atoms with van der Waals surface area (Å²) in [6.07, 6.45) is 3.11. The van der Waals surface area contributed by atoms with Crippen LogP contribution in [0.25, 0.3) is 11.3 Å². The zero-order chi connectivity index (χ0) is 20.9. The second-order valence-electron chi connectivity index (χ2n) is 7.86. The van der Waals surface area contributed by atoms with Crippen molar-refractivity contribution < 1.29 is 5.11 Å². The second kappa shape index (κ2) is 10.1. The summed E-state index contributed by atoms with van der Waals surface area (Å²) >= 11 is 0. The van der Waals surface area contributed by atoms with Crippen molar-refractivity contribution in [2.75, 3.05) is 25.4 Å². The number of nitrogens with two attached hydrogens (primary N) is 1. The van der Waals surface area contributed by atoms with Crippen molar-refractivity contribution in [2.45, 2.75) is 32.6 Å². The molecule has 5 nitrogen and oxygen atoms in total. The van der Waals surface area contributed by atoms with Crippen LogP contribution in [0.2, 0.25) is 0 Å². The number of hydrogen-bond donors (Lipinski definition) is 2. The molecule has 3 N–H and O–H groups in total. The quantitative estimate of drug-likeness (QED) is 0.616. The van der Waals surface area contributed by atoms with Gasteiger partial charge in [-0.2, -0.15) is 5.26 Å². The van der Waals surface area contributed by atoms with Gasteiger partial charge in [-0.1, -0.05) is 49.9 Å². The molecule has 31 heavy (non-hydrogen) atoms. The van der Waals surface area contributed by atoms with E-state index in [9.17, 15) is 10.4 Å². The Kier molecular flexibility index (Phi) is 7.28. The van der Waals surface area contributed by atoms with E-state index in [-0.39, 0.29) is 24.9 Å². The van der Waals surface area contributed by atoms with E-state index >= 15 is 0 Å². The predicted octanol–water partition coefficient (Wildman–Crippen LogP) is 4.97. The minimum Gasteiger partial charge on any atom is -0.507 e. The lowest BCUT2D eigenvalue weighted by atomic mass is 9.87. The van der Waals surface area contributed by atoms with Gasteiger partial charge in [-0.15, -0.1) is 0 Å². The number of phenols is 1. The lowest BCUT2D eigenvalue weighted by Crippen LogP contribution is -2.36. The van der Waals surface area contributed by atoms with Crippen molar-refractivity contribution >= 4 is 5.82 Å². The van der Waals surface area contributed by atoms with E-state index in [1.165, 1.54) is 5.56 Å². The van der Waals surface area contributed by atoms with Crippen molar-refractivity contribution in [3.05, 3.63) is 77.4 Å². The predicted molar refractivity (Wildman–Crippen MR) is 126 cm³/mol. The molecule has 0 aliphatic carbocycles. The number of para-hydroxylation sites is 1. The van der Waals surface area contributed by atoms with Gasteiger partial charge in [-0.3, -0.25) is 0 Å². The smallest absolute Gasteiger partial charge is 0.142 e. The zero-order valence-electron chi connectivity index (χ0n) is 17.0. The summed E-state index contributed by atoms with van der Waals surface area (Å²) in [5.74, 6) is 0.613. The third-order valence-electron chi connectivity index (χ3n) is 5.87. The van der Waals surface area contributed by atoms with Gasteiger partial charge in [-0.05, 0) is 61.1 Å². The number of anilines is 1. The van der Waals surface area contributed by atoms with Crippen LogP contribution in [-0.2, 0) is 6.42 Å². The molecule has 1 atom stereocenters. The van der Waals surface area contributed by atoms with Crippen LogP contribution in [0.4, 0.5) is 5.82 Å². The number of likely N-dealkylation sites (tertiary alicyclic amines) is 1. The molecule has 1 aliphatic heterocycles. The zero-order valence-corrected chi connectivity index (χ0v) is 17.0. The number of benzene rings is 2. The first-order valence-electron chi connectivity index (χ1n) is 10.4. The van der Waals surface area contributed by atoms with E-state index in [0.717, 1.165) is 44.5 Å². The van der Waals surface area contributed by atoms with E-state index in [0.29, 0.717) is 16.8 Å². The summed E-state index contributed by atoms with van der Waals surface area (Å²) in [4.78, 5) is 6.88. The first-order chi connectivity index (χ1) is 14.7. The van der Waals surface area contributed by atoms with Crippen molar-refractivity contribution in [1.29, 1.82) is 5.26 Å². The van der Waals surface area contributed by atoms with Crippen molar-refractivity contribution in [1.82, 2.24) is 9.88 Å². The van der Waals surface area contributed by atoms with Gasteiger partial charge in [0.2, 0.25) is 0 Å². The van der Waals surface area contributed by atoms with Crippen LogP contribution >= 0.6 is 0 Å². The SMILES string of the molecule is C.N#Cc1c(C2CCCN(CCc3ccccc3)C2)cc(-c2ccccc2O)nc1N. The molecule has 0 bridgehead atoms. The summed E-state index contributed by atoms with van der Waals surface area (Å²) in [7, 11) is 0. The molecule has 1 aromatic heterocycles. The minimum atomic E-state index is 0. The first-order valence-corrected chi connectivity index (χ1v) is 10.4. The molecule has 1 fully saturated rings. The van der Waals surface area contributed by atoms with Crippen LogP contribution in [-0.4, -0.2) is 34.6 Å². The van der Waals surface area contributed by atoms with Gasteiger partial charge in [0.15, 0.2) is 0 Å². The highest BCUT2D eigenvalue weighted by molar-refractivity contribution is 5.71. The van der Waals surface area contributed by atoms with Crippen molar-refractivity contribution in [2.24, 2.45) is 0 Å². The molecule has 1 unspecified atom stereocenters. The Hall–Kier alpha value is -3.36. The maximum Gasteiger partial charge on any atom is 0.142 e. The van der Waals surface area contributed by atoms with E-state index in [1.54, 1.807) is 12.1 Å². The van der Waals surface area contributed by atoms with Crippen LogP contribution < -0.4 is 5.73 Å². The molecule has 0 saturated carbocycles. The van der Waals surface area contributed by atoms with Gasteiger partial charge < -0.3 is 15.7 Å². The van der Waals surface area contributed by atoms with Crippen LogP contribution in [0.5, 0.6) is 5.75 Å². The molecular formula is C26H30N4O. The average molecular weight is 415 g/mol. The van der Waals surface area contributed by atoms with Crippen molar-refractivity contribution in [3.8, 4) is 23.1 Å². The monoisotopic (exact) mass is 414 g/mol. The fourth-order valence-corrected chi connectivity index (χ4v) is 4.30. The highest BCUT2D eigenvalue weighted by atomic mass is 16.3. The van der Waals surface area contributed by atoms with Gasteiger partial charge in [0, 0.05) is 18.7 Å². The molecule has 1 aliphatic rings. The molecule has 160 valence electrons. The third-order valence-corrected chi connectivity index (χ3v) is 5.87. The topological polar surface area (TPSA) is 86.2 Å². The fraction of sp³-hybridized carbons (Fsp3) is 0.308. The van der Waals surface area contributed by atoms with E-state index in [4.69, 9.17) is 5.73 Å². The highest BCUT2D eigenvalue weighted by Crippen LogP contribution is 2.35. The molecular weight excluding hydrogens is 384 g/mol. The number of piperidine rings is 1. The Bertz CT molecular complexity index is 1060. The van der Waals surface area contributed by atoms with Crippen LogP contribution in [0, 0.1) is 11.3 Å². The molecule has 2 heterocycles. The molecule has 3 aromatic rings. The van der Waals surface area contributed by atoms with Gasteiger partial charge in [0.05, 0.1) is 11.3 Å². The van der Waals surface area contributed by atoms with E-state index in [1.807, 2.05) is 24.3 Å². The van der Waals surface area contributed by atoms with Gasteiger partial charge in [-0.25, -0.2) is 4.98 Å². The number of rotatable bonds is 5. The number of phenolic OH excluding ortho intramolecular Hbond substituents is 1. The maximum absolute atomic E-state index is 10.2. The normalized spacial score (nSPS) is 16.3. The summed E-state index contributed by atoms with van der Waals surface area (Å²) in [5.41, 5.74) is 10.2. The van der Waals surface area contributed by atoms with Gasteiger partial charge in [0.25, 0.3) is 0 Å². The highest BCUT2D eigenvalue weighted by Gasteiger charge is 2.25. The standard InChI is InChI=1S/C25H26N4O.CH4/c26-16-22-21(15-23(28-25(22)27)20-10-4-5-11-24(20)30)19-9-6-13-29(17-19)14-12-18-7-2-1-3-8-18;/h1-5,7-8,10-11,15,19,30H,6,9,12-14,17H2,(H2,27,28);1H4. The summed E-state index contributed by atoms with van der Waals surface area (Å²) in [6, 6.07) is 21.8. The molecule has 1 saturated heterocycles. The summed E-state index contributed by atoms with van der Waals surface area (Å²) in [6.45, 7) is 2.96. The molecule has 2 aromatic carbocycles. The molecule has 0 amide bonds. The minimum absolute atomic E-state index is 0. The Balaban J connectivity index is 0.00000272. The number of nitrogens with zero attached hydrogens (tertiary/aromatic N) is 3. The number of nitrogen functional groups attached to an aromatic ring is 1. The number of nitriles is 1. The largest absolute Gasteiger partial charge is 0.507 e. The Morgan fingerprint density at radius 3 is 2.61 bits per heavy atom. The van der Waals surface area contributed by atoms with Gasteiger partial charge >= 0.3 is 0 Å². The third kappa shape index (κ3) is 5.04. The number of pyridine rings is 1. The lowest BCUT2D eigenvalue weighted by Gasteiger charge is -2.33. The molecule has 4 rings (SSSR count). The molecule has 0 spiro atoms. The fourth-order valence-electron chi connectivity index (χ4n) is 4.30. The Labute approximate surface area is 184 Å². The first kappa shape index (κ1) is 22.3. The Morgan fingerprint density at radius 1 is 1.13 bits per heavy atom. The summed E-state index contributed by atoms with van der Waals surface area (Å²) < 4.78 is 0. The van der Waals surface area contributed by atoms with Crippen LogP contribution in [0.1, 0.15) is 42.9 Å². The average Bonchev–Trinajstić information content (AvgIpc) is 2.78. The number of aromatic nitrogens is 1. The summed E-state index contributed by atoms with van der Waals surface area (Å²) in [5, 5.41) is 20.0. The lowest BCUT2D eigenvalue weighted by molar-refractivity contribution is 0.210. The number of aromatic hydroxyl groups is 1. The molecule has 5 heteroatoms. The van der Waals surface area contributed by atoms with E-state index in [2.05, 4.69) is 40.2 Å². The second-order valence-corrected chi connectivity index (χ2v) is 7.86. The Morgan fingerprint density at radius 2 is 1.87 bits per heavy atom. The van der Waals surface area contributed by atoms with Crippen molar-refractivity contribution in [3.63, 3.8) is 0 Å². The van der Waals surface area contributed by atoms with Gasteiger partial charge in [0.1, 0.15) is 17.6 Å². The molecule has 0 radical (unpaired) electrons.